The number of ether oxygens (including phenoxy) is 1. The topological polar surface area (TPSA) is 88.5 Å². The maximum atomic E-state index is 12.7. The summed E-state index contributed by atoms with van der Waals surface area (Å²) in [5.74, 6) is 0.966. The van der Waals surface area contributed by atoms with Crippen molar-refractivity contribution in [2.24, 2.45) is 0 Å². The molecule has 1 aliphatic heterocycles. The molecule has 0 saturated carbocycles. The Hall–Kier alpha value is -3.03. The predicted molar refractivity (Wildman–Crippen MR) is 95.0 cm³/mol. The molecule has 8 heteroatoms. The second kappa shape index (κ2) is 6.84. The quantitative estimate of drug-likeness (QED) is 0.863. The van der Waals surface area contributed by atoms with E-state index in [1.807, 2.05) is 22.6 Å². The van der Waals surface area contributed by atoms with E-state index in [0.29, 0.717) is 17.1 Å². The standard InChI is InChI=1S/C17H21N5O3/c1-11(22-9-8-21-7-6-18-17(21)22)16(24)20-14-10-13(19-12(2)23)4-5-15(14)25-3/h4-7,10-11H,8-9H2,1-3H3,(H,19,23)(H,20,24). The van der Waals surface area contributed by atoms with Crippen LogP contribution < -0.4 is 20.3 Å². The van der Waals surface area contributed by atoms with Crippen molar-refractivity contribution in [1.82, 2.24) is 9.55 Å². The third-order valence-electron chi connectivity index (χ3n) is 4.16. The third-order valence-corrected chi connectivity index (χ3v) is 4.16. The summed E-state index contributed by atoms with van der Waals surface area (Å²) in [5.41, 5.74) is 1.10. The number of aromatic nitrogens is 2. The van der Waals surface area contributed by atoms with Gasteiger partial charge in [0.05, 0.1) is 12.8 Å². The van der Waals surface area contributed by atoms with Gasteiger partial charge in [0, 0.05) is 38.1 Å². The largest absolute Gasteiger partial charge is 0.495 e. The van der Waals surface area contributed by atoms with E-state index in [9.17, 15) is 9.59 Å². The zero-order valence-corrected chi connectivity index (χ0v) is 14.4. The number of methoxy groups -OCH3 is 1. The van der Waals surface area contributed by atoms with Crippen molar-refractivity contribution in [2.45, 2.75) is 26.4 Å². The highest BCUT2D eigenvalue weighted by Crippen LogP contribution is 2.29. The average Bonchev–Trinajstić information content (AvgIpc) is 3.17. The lowest BCUT2D eigenvalue weighted by molar-refractivity contribution is -0.117. The van der Waals surface area contributed by atoms with Gasteiger partial charge in [-0.1, -0.05) is 0 Å². The smallest absolute Gasteiger partial charge is 0.247 e. The highest BCUT2D eigenvalue weighted by atomic mass is 16.5. The van der Waals surface area contributed by atoms with Gasteiger partial charge < -0.3 is 24.8 Å². The lowest BCUT2D eigenvalue weighted by atomic mass is 10.2. The Morgan fingerprint density at radius 3 is 2.80 bits per heavy atom. The maximum absolute atomic E-state index is 12.7. The van der Waals surface area contributed by atoms with Crippen molar-refractivity contribution >= 4 is 29.1 Å². The molecule has 0 spiro atoms. The fourth-order valence-electron chi connectivity index (χ4n) is 2.88. The van der Waals surface area contributed by atoms with Crippen molar-refractivity contribution in [3.8, 4) is 5.75 Å². The van der Waals surface area contributed by atoms with Crippen LogP contribution in [0.3, 0.4) is 0 Å². The number of carbonyl (C=O) groups excluding carboxylic acids is 2. The van der Waals surface area contributed by atoms with Crippen LogP contribution >= 0.6 is 0 Å². The first-order chi connectivity index (χ1) is 12.0. The van der Waals surface area contributed by atoms with Crippen molar-refractivity contribution in [3.63, 3.8) is 0 Å². The van der Waals surface area contributed by atoms with E-state index in [1.54, 1.807) is 24.4 Å². The molecule has 1 aliphatic rings. The fraction of sp³-hybridized carbons (Fsp3) is 0.353. The number of nitrogens with one attached hydrogen (secondary N) is 2. The van der Waals surface area contributed by atoms with Crippen LogP contribution in [0, 0.1) is 0 Å². The number of rotatable bonds is 5. The van der Waals surface area contributed by atoms with Gasteiger partial charge >= 0.3 is 0 Å². The number of fused-ring (bicyclic) bond motifs is 1. The molecule has 2 aromatic rings. The minimum absolute atomic E-state index is 0.172. The van der Waals surface area contributed by atoms with Crippen molar-refractivity contribution < 1.29 is 14.3 Å². The molecule has 2 amide bonds. The molecule has 132 valence electrons. The first-order valence-corrected chi connectivity index (χ1v) is 8.04. The van der Waals surface area contributed by atoms with Crippen molar-refractivity contribution in [3.05, 3.63) is 30.6 Å². The average molecular weight is 343 g/mol. The molecule has 25 heavy (non-hydrogen) atoms. The monoisotopic (exact) mass is 343 g/mol. The number of imidazole rings is 1. The molecular weight excluding hydrogens is 322 g/mol. The molecule has 1 unspecified atom stereocenters. The molecule has 0 fully saturated rings. The Morgan fingerprint density at radius 2 is 2.08 bits per heavy atom. The minimum Gasteiger partial charge on any atom is -0.495 e. The van der Waals surface area contributed by atoms with E-state index in [-0.39, 0.29) is 11.8 Å². The van der Waals surface area contributed by atoms with Gasteiger partial charge in [-0.15, -0.1) is 0 Å². The number of hydrogen-bond acceptors (Lipinski definition) is 5. The van der Waals surface area contributed by atoms with E-state index in [4.69, 9.17) is 4.74 Å². The number of carbonyl (C=O) groups is 2. The summed E-state index contributed by atoms with van der Waals surface area (Å²) in [6.45, 7) is 4.82. The van der Waals surface area contributed by atoms with Crippen LogP contribution in [0.15, 0.2) is 30.6 Å². The van der Waals surface area contributed by atoms with E-state index in [0.717, 1.165) is 19.0 Å². The van der Waals surface area contributed by atoms with E-state index >= 15 is 0 Å². The molecule has 2 N–H and O–H groups in total. The summed E-state index contributed by atoms with van der Waals surface area (Å²) in [4.78, 5) is 30.2. The van der Waals surface area contributed by atoms with Crippen LogP contribution in [0.4, 0.5) is 17.3 Å². The second-order valence-electron chi connectivity index (χ2n) is 5.88. The summed E-state index contributed by atoms with van der Waals surface area (Å²) in [6.07, 6.45) is 3.63. The summed E-state index contributed by atoms with van der Waals surface area (Å²) in [5, 5.41) is 5.57. The molecule has 0 saturated heterocycles. The minimum atomic E-state index is -0.391. The lowest BCUT2D eigenvalue weighted by Gasteiger charge is -2.24. The summed E-state index contributed by atoms with van der Waals surface area (Å²) >= 11 is 0. The van der Waals surface area contributed by atoms with Gasteiger partial charge in [0.2, 0.25) is 17.8 Å². The zero-order chi connectivity index (χ0) is 18.0. The Labute approximate surface area is 145 Å². The molecule has 0 radical (unpaired) electrons. The third kappa shape index (κ3) is 3.42. The number of amides is 2. The molecule has 1 aromatic carbocycles. The van der Waals surface area contributed by atoms with Crippen LogP contribution in [0.5, 0.6) is 5.75 Å². The number of benzene rings is 1. The van der Waals surface area contributed by atoms with Crippen LogP contribution in [-0.2, 0) is 16.1 Å². The Morgan fingerprint density at radius 1 is 1.28 bits per heavy atom. The Balaban J connectivity index is 1.77. The van der Waals surface area contributed by atoms with Gasteiger partial charge in [-0.05, 0) is 25.1 Å². The Kier molecular flexibility index (Phi) is 4.60. The molecule has 0 aliphatic carbocycles. The first-order valence-electron chi connectivity index (χ1n) is 8.04. The predicted octanol–water partition coefficient (Wildman–Crippen LogP) is 1.70. The van der Waals surface area contributed by atoms with Crippen molar-refractivity contribution in [1.29, 1.82) is 0 Å². The number of nitrogens with zero attached hydrogens (tertiary/aromatic N) is 3. The Bertz CT molecular complexity index is 801. The van der Waals surface area contributed by atoms with Crippen LogP contribution in [0.2, 0.25) is 0 Å². The zero-order valence-electron chi connectivity index (χ0n) is 14.4. The lowest BCUT2D eigenvalue weighted by Crippen LogP contribution is -2.41. The SMILES string of the molecule is COc1ccc(NC(C)=O)cc1NC(=O)C(C)N1CCn2ccnc21. The fourth-order valence-corrected chi connectivity index (χ4v) is 2.88. The van der Waals surface area contributed by atoms with Gasteiger partial charge in [-0.3, -0.25) is 9.59 Å². The van der Waals surface area contributed by atoms with Crippen LogP contribution in [0.25, 0.3) is 0 Å². The van der Waals surface area contributed by atoms with Gasteiger partial charge in [-0.2, -0.15) is 0 Å². The summed E-state index contributed by atoms with van der Waals surface area (Å²) < 4.78 is 7.31. The van der Waals surface area contributed by atoms with Crippen molar-refractivity contribution in [2.75, 3.05) is 29.2 Å². The number of anilines is 3. The molecule has 2 heterocycles. The summed E-state index contributed by atoms with van der Waals surface area (Å²) in [6, 6.07) is 4.71. The van der Waals surface area contributed by atoms with E-state index in [1.165, 1.54) is 14.0 Å². The maximum Gasteiger partial charge on any atom is 0.247 e. The van der Waals surface area contributed by atoms with Crippen LogP contribution in [0.1, 0.15) is 13.8 Å². The summed E-state index contributed by atoms with van der Waals surface area (Å²) in [7, 11) is 1.53. The number of hydrogen-bond donors (Lipinski definition) is 2. The van der Waals surface area contributed by atoms with Gasteiger partial charge in [0.1, 0.15) is 11.8 Å². The highest BCUT2D eigenvalue weighted by molar-refractivity contribution is 5.99. The molecule has 3 rings (SSSR count). The van der Waals surface area contributed by atoms with Gasteiger partial charge in [-0.25, -0.2) is 4.98 Å². The van der Waals surface area contributed by atoms with E-state index < -0.39 is 6.04 Å². The molecule has 8 nitrogen and oxygen atoms in total. The van der Waals surface area contributed by atoms with Gasteiger partial charge in [0.15, 0.2) is 0 Å². The molecule has 1 atom stereocenters. The highest BCUT2D eigenvalue weighted by Gasteiger charge is 2.29. The van der Waals surface area contributed by atoms with Gasteiger partial charge in [0.25, 0.3) is 0 Å². The van der Waals surface area contributed by atoms with Crippen LogP contribution in [-0.4, -0.2) is 41.1 Å². The molecule has 1 aromatic heterocycles. The van der Waals surface area contributed by atoms with E-state index in [2.05, 4.69) is 15.6 Å². The molecular formula is C17H21N5O3. The normalized spacial score (nSPS) is 14.0. The first kappa shape index (κ1) is 16.8. The second-order valence-corrected chi connectivity index (χ2v) is 5.88. The molecule has 0 bridgehead atoms.